The summed E-state index contributed by atoms with van der Waals surface area (Å²) >= 11 is 8.35. The van der Waals surface area contributed by atoms with Crippen molar-refractivity contribution in [2.75, 3.05) is 19.1 Å². The second-order valence-electron chi connectivity index (χ2n) is 16.2. The van der Waals surface area contributed by atoms with Crippen LogP contribution in [0, 0.1) is 0 Å². The van der Waals surface area contributed by atoms with Gasteiger partial charge in [0.2, 0.25) is 24.2 Å². The number of carbonyl (C=O) groups excluding carboxylic acids is 1. The van der Waals surface area contributed by atoms with Gasteiger partial charge in [-0.3, -0.25) is 0 Å². The highest BCUT2D eigenvalue weighted by atomic mass is 35.5. The first-order valence-electron chi connectivity index (χ1n) is 23.0. The second kappa shape index (κ2) is 27.7. The smallest absolute Gasteiger partial charge is 0.430 e. The number of carbonyl (C=O) groups is 3. The Morgan fingerprint density at radius 3 is 1.36 bits per heavy atom. The lowest BCUT2D eigenvalue weighted by Crippen LogP contribution is -2.40. The maximum Gasteiger partial charge on any atom is 0.430 e. The van der Waals surface area contributed by atoms with Crippen molar-refractivity contribution in [3.63, 3.8) is 0 Å². The summed E-state index contributed by atoms with van der Waals surface area (Å²) in [5.41, 5.74) is 0.123. The first kappa shape index (κ1) is 65.1. The molecule has 0 saturated carbocycles. The minimum absolute atomic E-state index is 0. The van der Waals surface area contributed by atoms with Crippen LogP contribution in [0.3, 0.4) is 0 Å². The summed E-state index contributed by atoms with van der Waals surface area (Å²) in [7, 11) is 0. The van der Waals surface area contributed by atoms with Gasteiger partial charge in [-0.25, -0.2) is 29.3 Å². The topological polar surface area (TPSA) is 230 Å². The van der Waals surface area contributed by atoms with Crippen LogP contribution in [0.2, 0.25) is 5.15 Å². The molecule has 3 aromatic carbocycles. The van der Waals surface area contributed by atoms with Crippen LogP contribution in [-0.2, 0) is 38.4 Å². The number of benzene rings is 3. The number of phenolic OH excluding ortho intramolecular Hbond substituents is 2. The lowest BCUT2D eigenvalue weighted by Gasteiger charge is -2.28. The summed E-state index contributed by atoms with van der Waals surface area (Å²) in [4.78, 5) is 50.0. The largest absolute Gasteiger partial charge is 0.508 e. The summed E-state index contributed by atoms with van der Waals surface area (Å²) in [6.07, 6.45) is -10.7. The van der Waals surface area contributed by atoms with Gasteiger partial charge < -0.3 is 44.1 Å². The number of aliphatic carboxylic acids is 2. The second-order valence-corrected chi connectivity index (χ2v) is 18.1. The molecule has 0 saturated heterocycles. The molecule has 0 spiro atoms. The van der Waals surface area contributed by atoms with Crippen LogP contribution in [0.5, 0.6) is 40.4 Å². The van der Waals surface area contributed by atoms with Crippen molar-refractivity contribution in [3.05, 3.63) is 116 Å². The number of hydrogen-bond acceptors (Lipinski definition) is 16. The number of aromatic hydroxyl groups is 2. The van der Waals surface area contributed by atoms with E-state index in [4.69, 9.17) is 40.8 Å². The molecule has 0 radical (unpaired) electrons. The van der Waals surface area contributed by atoms with E-state index >= 15 is 0 Å². The Labute approximate surface area is 464 Å². The minimum Gasteiger partial charge on any atom is -0.508 e. The summed E-state index contributed by atoms with van der Waals surface area (Å²) in [6, 6.07) is 11.2. The lowest BCUT2D eigenvalue weighted by atomic mass is 9.98. The monoisotopic (exact) mass is 1190 g/mol. The third-order valence-electron chi connectivity index (χ3n) is 11.0. The molecule has 2 aromatic heterocycles. The van der Waals surface area contributed by atoms with Crippen LogP contribution in [-0.4, -0.2) is 114 Å². The Morgan fingerprint density at radius 2 is 0.988 bits per heavy atom. The molecule has 3 aliphatic rings. The van der Waals surface area contributed by atoms with Crippen LogP contribution >= 0.6 is 35.1 Å². The fourth-order valence-electron chi connectivity index (χ4n) is 7.24. The quantitative estimate of drug-likeness (QED) is 0.0317. The maximum atomic E-state index is 13.2. The SMILES string of the molecule is C.CCOC(=O)C1=Cc2cc(CC)c(O)cc2OC1C(F)(F)F.CCc1cc2c(cc1O)OC(C(F)(F)F)C(C(=O)O)=C2.CCc1cc2c(cc1Oc1ccnc(SC)n1)OC(C(F)(F)F)C(C(=O)O)=C2.CSc1nccc(Cl)n1. The number of phenols is 2. The van der Waals surface area contributed by atoms with Gasteiger partial charge in [-0.15, -0.1) is 0 Å². The number of thioether (sulfide) groups is 2. The highest BCUT2D eigenvalue weighted by molar-refractivity contribution is 7.98. The molecule has 3 unspecified atom stereocenters. The molecule has 5 aromatic rings. The van der Waals surface area contributed by atoms with Crippen LogP contribution in [0.1, 0.15) is 68.5 Å². The molecule has 432 valence electrons. The third-order valence-corrected chi connectivity index (χ3v) is 12.3. The van der Waals surface area contributed by atoms with Crippen LogP contribution in [0.15, 0.2) is 88.0 Å². The molecule has 16 nitrogen and oxygen atoms in total. The summed E-state index contributed by atoms with van der Waals surface area (Å²) in [5, 5.41) is 39.1. The summed E-state index contributed by atoms with van der Waals surface area (Å²) in [5.74, 6) is -4.67. The highest BCUT2D eigenvalue weighted by Crippen LogP contribution is 2.44. The zero-order valence-corrected chi connectivity index (χ0v) is 44.4. The highest BCUT2D eigenvalue weighted by Gasteiger charge is 2.51. The van der Waals surface area contributed by atoms with Gasteiger partial charge in [-0.2, -0.15) is 44.5 Å². The van der Waals surface area contributed by atoms with Gasteiger partial charge in [-0.1, -0.05) is 63.3 Å². The Morgan fingerprint density at radius 1 is 0.600 bits per heavy atom. The van der Waals surface area contributed by atoms with Gasteiger partial charge >= 0.3 is 36.4 Å². The summed E-state index contributed by atoms with van der Waals surface area (Å²) < 4.78 is 142. The standard InChI is InChI=1S/C18H15F3N2O4S.C15H15F3O4.C13H11F3O4.C5H5ClN2S.CH4/c1-3-9-6-10-7-11(16(24)25)15(18(19,20)21)27-13(10)8-12(9)26-14-4-5-22-17(23-14)28-2;1-3-8-5-9-6-10(14(20)21-4-2)13(15(16,17)18)22-12(9)7-11(8)19;1-2-6-3-7-4-8(12(18)19)11(13(14,15)16)20-10(7)5-9(6)17;1-9-5-7-3-2-4(6)8-5;/h4-8,15H,3H2,1-2H3,(H,24,25);5-7,13,19H,3-4H2,1-2H3;3-5,11,17H,2H2,1H3,(H,18,19);2-3H,1H3;1H4. The number of aromatic nitrogens is 4. The van der Waals surface area contributed by atoms with Gasteiger partial charge in [-0.05, 0) is 97.9 Å². The van der Waals surface area contributed by atoms with Gasteiger partial charge in [0.15, 0.2) is 10.3 Å². The van der Waals surface area contributed by atoms with E-state index in [2.05, 4.69) is 24.7 Å². The van der Waals surface area contributed by atoms with E-state index in [1.54, 1.807) is 38.4 Å². The Kier molecular flexibility index (Phi) is 22.5. The number of halogens is 10. The average molecular weight is 1190 g/mol. The number of carboxylic acid groups (broad SMARTS) is 2. The van der Waals surface area contributed by atoms with E-state index in [0.717, 1.165) is 30.4 Å². The number of hydrogen-bond donors (Lipinski definition) is 4. The first-order chi connectivity index (χ1) is 37.1. The van der Waals surface area contributed by atoms with Gasteiger partial charge in [0, 0.05) is 53.3 Å². The molecule has 80 heavy (non-hydrogen) atoms. The fraction of sp³-hybridized carbons (Fsp3) is 0.327. The Hall–Kier alpha value is -7.39. The zero-order valence-electron chi connectivity index (χ0n) is 42.0. The van der Waals surface area contributed by atoms with Gasteiger partial charge in [0.25, 0.3) is 0 Å². The molecule has 8 rings (SSSR count). The van der Waals surface area contributed by atoms with Crippen molar-refractivity contribution in [2.45, 2.75) is 102 Å². The Balaban J connectivity index is 0.000000241. The van der Waals surface area contributed by atoms with E-state index < -0.39 is 71.5 Å². The zero-order chi connectivity index (χ0) is 58.7. The third kappa shape index (κ3) is 16.6. The molecular formula is C52H50ClF9N4O12S2. The number of carboxylic acids is 2. The number of fused-ring (bicyclic) bond motifs is 3. The van der Waals surface area contributed by atoms with E-state index in [1.807, 2.05) is 13.2 Å². The number of nitrogens with zero attached hydrogens (tertiary/aromatic N) is 4. The number of ether oxygens (including phenoxy) is 5. The molecule has 0 fully saturated rings. The normalized spacial score (nSPS) is 15.9. The molecule has 5 heterocycles. The van der Waals surface area contributed by atoms with Crippen molar-refractivity contribution < 1.29 is 98.0 Å². The number of aryl methyl sites for hydroxylation is 3. The molecule has 28 heteroatoms. The minimum atomic E-state index is -4.87. The number of esters is 1. The van der Waals surface area contributed by atoms with Crippen molar-refractivity contribution in [3.8, 4) is 40.4 Å². The molecule has 0 aliphatic carbocycles. The first-order valence-corrected chi connectivity index (χ1v) is 25.8. The Bertz CT molecular complexity index is 3160. The predicted molar refractivity (Wildman–Crippen MR) is 277 cm³/mol. The van der Waals surface area contributed by atoms with Crippen LogP contribution in [0.25, 0.3) is 18.2 Å². The number of rotatable bonds is 11. The van der Waals surface area contributed by atoms with Crippen molar-refractivity contribution in [2.24, 2.45) is 0 Å². The molecule has 4 N–H and O–H groups in total. The van der Waals surface area contributed by atoms with E-state index in [-0.39, 0.29) is 65.5 Å². The predicted octanol–water partition coefficient (Wildman–Crippen LogP) is 12.8. The van der Waals surface area contributed by atoms with Crippen molar-refractivity contribution in [1.82, 2.24) is 19.9 Å². The van der Waals surface area contributed by atoms with Crippen molar-refractivity contribution in [1.29, 1.82) is 0 Å². The molecule has 3 aliphatic heterocycles. The summed E-state index contributed by atoms with van der Waals surface area (Å²) in [6.45, 7) is 6.85. The van der Waals surface area contributed by atoms with E-state index in [1.165, 1.54) is 60.9 Å². The lowest BCUT2D eigenvalue weighted by molar-refractivity contribution is -0.188. The van der Waals surface area contributed by atoms with E-state index in [0.29, 0.717) is 57.0 Å². The average Bonchev–Trinajstić information content (AvgIpc) is 3.42. The fourth-order valence-corrected chi connectivity index (χ4v) is 8.13. The van der Waals surface area contributed by atoms with Gasteiger partial charge in [0.1, 0.15) is 39.7 Å². The van der Waals surface area contributed by atoms with Crippen LogP contribution < -0.4 is 18.9 Å². The van der Waals surface area contributed by atoms with Crippen molar-refractivity contribution >= 4 is 71.3 Å². The maximum absolute atomic E-state index is 13.2. The number of alkyl halides is 9. The van der Waals surface area contributed by atoms with Gasteiger partial charge in [0.05, 0.1) is 23.3 Å². The molecular weight excluding hydrogens is 1140 g/mol. The molecule has 0 amide bonds. The molecule has 3 atom stereocenters. The molecule has 0 bridgehead atoms. The van der Waals surface area contributed by atoms with Crippen LogP contribution in [0.4, 0.5) is 39.5 Å². The van der Waals surface area contributed by atoms with E-state index in [9.17, 15) is 64.1 Å².